The van der Waals surface area contributed by atoms with E-state index >= 15 is 0 Å². The van der Waals surface area contributed by atoms with Gasteiger partial charge in [-0.2, -0.15) is 0 Å². The van der Waals surface area contributed by atoms with E-state index in [0.29, 0.717) is 17.3 Å². The first-order chi connectivity index (χ1) is 11.6. The van der Waals surface area contributed by atoms with Crippen LogP contribution in [0, 0.1) is 0 Å². The Morgan fingerprint density at radius 3 is 2.42 bits per heavy atom. The maximum absolute atomic E-state index is 12.6. The fourth-order valence-electron chi connectivity index (χ4n) is 3.22. The summed E-state index contributed by atoms with van der Waals surface area (Å²) in [5.41, 5.74) is 2.25. The number of rotatable bonds is 4. The van der Waals surface area contributed by atoms with Gasteiger partial charge in [-0.25, -0.2) is 0 Å². The molecule has 3 rings (SSSR count). The highest BCUT2D eigenvalue weighted by Crippen LogP contribution is 2.22. The molecular weight excluding hydrogens is 302 g/mol. The third kappa shape index (κ3) is 3.35. The second-order valence-corrected chi connectivity index (χ2v) is 6.33. The molecule has 1 N–H and O–H groups in total. The molecule has 1 aromatic carbocycles. The fraction of sp³-hybridized carbons (Fsp3) is 0.368. The van der Waals surface area contributed by atoms with Crippen LogP contribution in [0.4, 0.5) is 5.69 Å². The standard InChI is InChI=1S/C19H23N3O2/c1-14(23)15-12-18(20-13-15)19(24)22-10-8-17(9-11-22)21(2)16-6-4-3-5-7-16/h3-7,12-13,17,20H,8-11H2,1-2H3. The molecular formula is C19H23N3O2. The fourth-order valence-corrected chi connectivity index (χ4v) is 3.22. The molecule has 0 saturated carbocycles. The van der Waals surface area contributed by atoms with Gasteiger partial charge in [0.2, 0.25) is 0 Å². The first kappa shape index (κ1) is 16.3. The minimum atomic E-state index is -0.0338. The maximum Gasteiger partial charge on any atom is 0.270 e. The molecule has 0 aliphatic carbocycles. The van der Waals surface area contributed by atoms with Gasteiger partial charge in [-0.3, -0.25) is 9.59 Å². The van der Waals surface area contributed by atoms with Crippen molar-refractivity contribution < 1.29 is 9.59 Å². The van der Waals surface area contributed by atoms with Crippen molar-refractivity contribution in [3.63, 3.8) is 0 Å². The second-order valence-electron chi connectivity index (χ2n) is 6.33. The molecule has 0 radical (unpaired) electrons. The smallest absolute Gasteiger partial charge is 0.270 e. The number of benzene rings is 1. The number of aromatic amines is 1. The third-order valence-electron chi connectivity index (χ3n) is 4.78. The zero-order chi connectivity index (χ0) is 17.1. The Bertz CT molecular complexity index is 715. The van der Waals surface area contributed by atoms with Crippen molar-refractivity contribution in [2.24, 2.45) is 0 Å². The summed E-state index contributed by atoms with van der Waals surface area (Å²) in [6, 6.07) is 12.4. The van der Waals surface area contributed by atoms with E-state index in [9.17, 15) is 9.59 Å². The Kier molecular flexibility index (Phi) is 4.69. The number of nitrogens with one attached hydrogen (secondary N) is 1. The van der Waals surface area contributed by atoms with Gasteiger partial charge >= 0.3 is 0 Å². The molecule has 126 valence electrons. The number of amides is 1. The number of hydrogen-bond donors (Lipinski definition) is 1. The van der Waals surface area contributed by atoms with Crippen molar-refractivity contribution in [2.45, 2.75) is 25.8 Å². The SMILES string of the molecule is CC(=O)c1c[nH]c(C(=O)N2CCC(N(C)c3ccccc3)CC2)c1. The van der Waals surface area contributed by atoms with Crippen molar-refractivity contribution in [2.75, 3.05) is 25.0 Å². The first-order valence-corrected chi connectivity index (χ1v) is 8.33. The van der Waals surface area contributed by atoms with E-state index in [1.165, 1.54) is 12.6 Å². The molecule has 1 aliphatic heterocycles. The summed E-state index contributed by atoms with van der Waals surface area (Å²) in [6.45, 7) is 2.96. The van der Waals surface area contributed by atoms with Gasteiger partial charge in [-0.1, -0.05) is 18.2 Å². The van der Waals surface area contributed by atoms with Crippen LogP contribution in [0.5, 0.6) is 0 Å². The third-order valence-corrected chi connectivity index (χ3v) is 4.78. The molecule has 2 aromatic rings. The average molecular weight is 325 g/mol. The Labute approximate surface area is 142 Å². The van der Waals surface area contributed by atoms with Crippen LogP contribution >= 0.6 is 0 Å². The van der Waals surface area contributed by atoms with Gasteiger partial charge in [0.15, 0.2) is 5.78 Å². The van der Waals surface area contributed by atoms with E-state index in [2.05, 4.69) is 29.1 Å². The lowest BCUT2D eigenvalue weighted by Crippen LogP contribution is -2.45. The molecule has 0 atom stereocenters. The van der Waals surface area contributed by atoms with E-state index < -0.39 is 0 Å². The van der Waals surface area contributed by atoms with Crippen LogP contribution in [0.25, 0.3) is 0 Å². The molecule has 1 amide bonds. The topological polar surface area (TPSA) is 56.4 Å². The molecule has 2 heterocycles. The number of Topliss-reactive ketones (excluding diaryl/α,β-unsaturated/α-hetero) is 1. The van der Waals surface area contributed by atoms with Crippen LogP contribution in [-0.2, 0) is 0 Å². The highest BCUT2D eigenvalue weighted by molar-refractivity contribution is 5.99. The lowest BCUT2D eigenvalue weighted by atomic mass is 10.0. The predicted molar refractivity (Wildman–Crippen MR) is 94.6 cm³/mol. The van der Waals surface area contributed by atoms with Crippen LogP contribution in [0.3, 0.4) is 0 Å². The van der Waals surface area contributed by atoms with Crippen molar-refractivity contribution >= 4 is 17.4 Å². The molecule has 0 spiro atoms. The number of carbonyl (C=O) groups is 2. The Morgan fingerprint density at radius 1 is 1.17 bits per heavy atom. The van der Waals surface area contributed by atoms with Gasteiger partial charge in [0.05, 0.1) is 0 Å². The second kappa shape index (κ2) is 6.91. The van der Waals surface area contributed by atoms with Crippen LogP contribution < -0.4 is 4.90 Å². The first-order valence-electron chi connectivity index (χ1n) is 8.33. The monoisotopic (exact) mass is 325 g/mol. The van der Waals surface area contributed by atoms with Gasteiger partial charge < -0.3 is 14.8 Å². The average Bonchev–Trinajstić information content (AvgIpc) is 3.12. The van der Waals surface area contributed by atoms with Gasteiger partial charge in [-0.15, -0.1) is 0 Å². The molecule has 1 fully saturated rings. The zero-order valence-electron chi connectivity index (χ0n) is 14.2. The van der Waals surface area contributed by atoms with Crippen molar-refractivity contribution in [3.8, 4) is 0 Å². The van der Waals surface area contributed by atoms with E-state index in [4.69, 9.17) is 0 Å². The number of piperidine rings is 1. The zero-order valence-corrected chi connectivity index (χ0v) is 14.2. The lowest BCUT2D eigenvalue weighted by Gasteiger charge is -2.37. The summed E-state index contributed by atoms with van der Waals surface area (Å²) in [5, 5.41) is 0. The Morgan fingerprint density at radius 2 is 1.83 bits per heavy atom. The number of aromatic nitrogens is 1. The molecule has 24 heavy (non-hydrogen) atoms. The number of hydrogen-bond acceptors (Lipinski definition) is 3. The van der Waals surface area contributed by atoms with Crippen molar-refractivity contribution in [1.82, 2.24) is 9.88 Å². The summed E-state index contributed by atoms with van der Waals surface area (Å²) in [7, 11) is 2.11. The Balaban J connectivity index is 1.60. The van der Waals surface area contributed by atoms with Crippen LogP contribution in [0.1, 0.15) is 40.6 Å². The van der Waals surface area contributed by atoms with Crippen molar-refractivity contribution in [3.05, 3.63) is 53.9 Å². The largest absolute Gasteiger partial charge is 0.371 e. The number of H-pyrrole nitrogens is 1. The molecule has 0 bridgehead atoms. The van der Waals surface area contributed by atoms with Gasteiger partial charge in [0.1, 0.15) is 5.69 Å². The van der Waals surface area contributed by atoms with Crippen molar-refractivity contribution in [1.29, 1.82) is 0 Å². The van der Waals surface area contributed by atoms with Crippen LogP contribution in [0.15, 0.2) is 42.6 Å². The molecule has 1 saturated heterocycles. The summed E-state index contributed by atoms with van der Waals surface area (Å²) in [6.07, 6.45) is 3.49. The number of carbonyl (C=O) groups excluding carboxylic acids is 2. The highest BCUT2D eigenvalue weighted by atomic mass is 16.2. The molecule has 1 aliphatic rings. The minimum absolute atomic E-state index is 0.0247. The quantitative estimate of drug-likeness (QED) is 0.879. The number of nitrogens with zero attached hydrogens (tertiary/aromatic N) is 2. The lowest BCUT2D eigenvalue weighted by molar-refractivity contribution is 0.0708. The highest BCUT2D eigenvalue weighted by Gasteiger charge is 2.26. The summed E-state index contributed by atoms with van der Waals surface area (Å²) in [5.74, 6) is -0.0585. The normalized spacial score (nSPS) is 15.3. The van der Waals surface area contributed by atoms with E-state index in [-0.39, 0.29) is 11.7 Å². The molecule has 5 heteroatoms. The molecule has 5 nitrogen and oxygen atoms in total. The van der Waals surface area contributed by atoms with Gasteiger partial charge in [0, 0.05) is 43.6 Å². The molecule has 0 unspecified atom stereocenters. The maximum atomic E-state index is 12.6. The van der Waals surface area contributed by atoms with E-state index in [0.717, 1.165) is 25.9 Å². The summed E-state index contributed by atoms with van der Waals surface area (Å²) in [4.78, 5) is 31.0. The van der Waals surface area contributed by atoms with E-state index in [1.54, 1.807) is 12.3 Å². The number of anilines is 1. The predicted octanol–water partition coefficient (Wildman–Crippen LogP) is 2.96. The van der Waals surface area contributed by atoms with Gasteiger partial charge in [0.25, 0.3) is 5.91 Å². The van der Waals surface area contributed by atoms with Gasteiger partial charge in [-0.05, 0) is 38.0 Å². The van der Waals surface area contributed by atoms with Crippen LogP contribution in [0.2, 0.25) is 0 Å². The summed E-state index contributed by atoms with van der Waals surface area (Å²) >= 11 is 0. The number of para-hydroxylation sites is 1. The van der Waals surface area contributed by atoms with E-state index in [1.807, 2.05) is 23.1 Å². The Hall–Kier alpha value is -2.56. The number of ketones is 1. The molecule has 1 aromatic heterocycles. The number of likely N-dealkylation sites (tertiary alicyclic amines) is 1. The minimum Gasteiger partial charge on any atom is -0.371 e. The summed E-state index contributed by atoms with van der Waals surface area (Å²) < 4.78 is 0. The van der Waals surface area contributed by atoms with Crippen LogP contribution in [-0.4, -0.2) is 47.8 Å².